The molecule has 0 unspecified atom stereocenters. The molecule has 3 heteroatoms. The smallest absolute Gasteiger partial charge is 0.335 e. The van der Waals surface area contributed by atoms with Gasteiger partial charge >= 0.3 is 5.97 Å². The minimum Gasteiger partial charge on any atom is -0.494 e. The largest absolute Gasteiger partial charge is 0.494 e. The van der Waals surface area contributed by atoms with Gasteiger partial charge in [-0.2, -0.15) is 0 Å². The maximum absolute atomic E-state index is 10.8. The number of carbonyl (C=O) groups is 1. The van der Waals surface area contributed by atoms with Crippen molar-refractivity contribution in [3.05, 3.63) is 65.2 Å². The Kier molecular flexibility index (Phi) is 6.91. The number of hydrogen-bond acceptors (Lipinski definition) is 2. The molecule has 0 atom stereocenters. The molecular formula is C21H22O3. The Bertz CT molecular complexity index is 703. The van der Waals surface area contributed by atoms with Crippen LogP contribution >= 0.6 is 0 Å². The lowest BCUT2D eigenvalue weighted by Gasteiger charge is -2.05. The van der Waals surface area contributed by atoms with Gasteiger partial charge in [0.1, 0.15) is 5.75 Å². The van der Waals surface area contributed by atoms with E-state index >= 15 is 0 Å². The van der Waals surface area contributed by atoms with E-state index in [2.05, 4.69) is 18.8 Å². The zero-order chi connectivity index (χ0) is 17.2. The number of rotatable bonds is 7. The van der Waals surface area contributed by atoms with Crippen molar-refractivity contribution in [1.82, 2.24) is 0 Å². The Hall–Kier alpha value is -2.73. The average Bonchev–Trinajstić information content (AvgIpc) is 2.61. The molecule has 1 N–H and O–H groups in total. The lowest BCUT2D eigenvalue weighted by molar-refractivity contribution is 0.0697. The van der Waals surface area contributed by atoms with Crippen LogP contribution in [-0.2, 0) is 0 Å². The first-order valence-electron chi connectivity index (χ1n) is 8.27. The molecule has 0 saturated heterocycles. The molecule has 0 amide bonds. The first-order valence-corrected chi connectivity index (χ1v) is 8.27. The SMILES string of the molecule is CCCCCCOc1ccc(C#Cc2ccc(C(=O)O)cc2)cc1. The van der Waals surface area contributed by atoms with E-state index in [1.165, 1.54) is 19.3 Å². The predicted octanol–water partition coefficient (Wildman–Crippen LogP) is 4.74. The van der Waals surface area contributed by atoms with Crippen LogP contribution in [0.1, 0.15) is 54.1 Å². The molecule has 0 aromatic heterocycles. The summed E-state index contributed by atoms with van der Waals surface area (Å²) in [5.41, 5.74) is 1.95. The molecule has 0 radical (unpaired) electrons. The van der Waals surface area contributed by atoms with Gasteiger partial charge < -0.3 is 9.84 Å². The van der Waals surface area contributed by atoms with Crippen LogP contribution in [0.5, 0.6) is 5.75 Å². The van der Waals surface area contributed by atoms with Crippen molar-refractivity contribution in [2.45, 2.75) is 32.6 Å². The Labute approximate surface area is 143 Å². The highest BCUT2D eigenvalue weighted by molar-refractivity contribution is 5.87. The Balaban J connectivity index is 1.88. The molecule has 24 heavy (non-hydrogen) atoms. The van der Waals surface area contributed by atoms with E-state index < -0.39 is 5.97 Å². The van der Waals surface area contributed by atoms with Crippen molar-refractivity contribution >= 4 is 5.97 Å². The Morgan fingerprint density at radius 3 is 2.04 bits per heavy atom. The highest BCUT2D eigenvalue weighted by atomic mass is 16.5. The summed E-state index contributed by atoms with van der Waals surface area (Å²) in [4.78, 5) is 10.8. The van der Waals surface area contributed by atoms with Crippen molar-refractivity contribution in [1.29, 1.82) is 0 Å². The minimum absolute atomic E-state index is 0.265. The van der Waals surface area contributed by atoms with E-state index in [1.807, 2.05) is 24.3 Å². The minimum atomic E-state index is -0.931. The summed E-state index contributed by atoms with van der Waals surface area (Å²) in [5.74, 6) is 6.03. The fourth-order valence-electron chi connectivity index (χ4n) is 2.19. The Morgan fingerprint density at radius 2 is 1.50 bits per heavy atom. The van der Waals surface area contributed by atoms with Crippen molar-refractivity contribution in [3.8, 4) is 17.6 Å². The number of benzene rings is 2. The first kappa shape index (κ1) is 17.6. The van der Waals surface area contributed by atoms with Gasteiger partial charge in [-0.25, -0.2) is 4.79 Å². The zero-order valence-corrected chi connectivity index (χ0v) is 13.9. The summed E-state index contributed by atoms with van der Waals surface area (Å²) in [6.07, 6.45) is 4.78. The monoisotopic (exact) mass is 322 g/mol. The summed E-state index contributed by atoms with van der Waals surface area (Å²) in [7, 11) is 0. The third kappa shape index (κ3) is 5.81. The molecule has 0 spiro atoms. The van der Waals surface area contributed by atoms with E-state index in [9.17, 15) is 4.79 Å². The summed E-state index contributed by atoms with van der Waals surface area (Å²) in [5, 5.41) is 8.87. The topological polar surface area (TPSA) is 46.5 Å². The molecule has 3 nitrogen and oxygen atoms in total. The van der Waals surface area contributed by atoms with Gasteiger partial charge in [-0.1, -0.05) is 38.0 Å². The number of hydrogen-bond donors (Lipinski definition) is 1. The molecule has 2 aromatic rings. The van der Waals surface area contributed by atoms with E-state index in [-0.39, 0.29) is 5.56 Å². The van der Waals surface area contributed by atoms with Gasteiger partial charge in [0.15, 0.2) is 0 Å². The van der Waals surface area contributed by atoms with Crippen molar-refractivity contribution < 1.29 is 14.6 Å². The molecule has 0 saturated carbocycles. The lowest BCUT2D eigenvalue weighted by Crippen LogP contribution is -1.97. The fourth-order valence-corrected chi connectivity index (χ4v) is 2.19. The van der Waals surface area contributed by atoms with Gasteiger partial charge in [0.05, 0.1) is 12.2 Å². The van der Waals surface area contributed by atoms with Gasteiger partial charge in [0.25, 0.3) is 0 Å². The second-order valence-corrected chi connectivity index (χ2v) is 5.57. The highest BCUT2D eigenvalue weighted by Crippen LogP contribution is 2.13. The molecule has 124 valence electrons. The quantitative estimate of drug-likeness (QED) is 0.591. The van der Waals surface area contributed by atoms with Crippen LogP contribution in [0.2, 0.25) is 0 Å². The summed E-state index contributed by atoms with van der Waals surface area (Å²) in [6, 6.07) is 14.3. The summed E-state index contributed by atoms with van der Waals surface area (Å²) in [6.45, 7) is 2.95. The number of carboxylic acids is 1. The van der Waals surface area contributed by atoms with E-state index in [4.69, 9.17) is 9.84 Å². The van der Waals surface area contributed by atoms with E-state index in [0.29, 0.717) is 0 Å². The fraction of sp³-hybridized carbons (Fsp3) is 0.286. The lowest BCUT2D eigenvalue weighted by atomic mass is 10.1. The van der Waals surface area contributed by atoms with Crippen molar-refractivity contribution in [3.63, 3.8) is 0 Å². The van der Waals surface area contributed by atoms with Crippen LogP contribution in [0, 0.1) is 11.8 Å². The Morgan fingerprint density at radius 1 is 0.917 bits per heavy atom. The molecule has 2 rings (SSSR count). The van der Waals surface area contributed by atoms with E-state index in [0.717, 1.165) is 29.9 Å². The van der Waals surface area contributed by atoms with Crippen molar-refractivity contribution in [2.75, 3.05) is 6.61 Å². The standard InChI is InChI=1S/C21H22O3/c1-2-3-4-5-16-24-20-14-10-18(11-15-20)7-6-17-8-12-19(13-9-17)21(22)23/h8-15H,2-5,16H2,1H3,(H,22,23). The van der Waals surface area contributed by atoms with Crippen LogP contribution in [0.25, 0.3) is 0 Å². The molecular weight excluding hydrogens is 300 g/mol. The molecule has 0 fully saturated rings. The number of ether oxygens (including phenoxy) is 1. The molecule has 0 heterocycles. The molecule has 0 aliphatic carbocycles. The van der Waals surface area contributed by atoms with Gasteiger partial charge in [-0.05, 0) is 55.0 Å². The maximum atomic E-state index is 10.8. The molecule has 0 aliphatic rings. The molecule has 0 aliphatic heterocycles. The second kappa shape index (κ2) is 9.42. The van der Waals surface area contributed by atoms with Gasteiger partial charge in [-0.3, -0.25) is 0 Å². The molecule has 2 aromatic carbocycles. The van der Waals surface area contributed by atoms with Crippen LogP contribution < -0.4 is 4.74 Å². The van der Waals surface area contributed by atoms with Gasteiger partial charge in [0, 0.05) is 11.1 Å². The van der Waals surface area contributed by atoms with Gasteiger partial charge in [-0.15, -0.1) is 0 Å². The maximum Gasteiger partial charge on any atom is 0.335 e. The van der Waals surface area contributed by atoms with E-state index in [1.54, 1.807) is 24.3 Å². The normalized spacial score (nSPS) is 9.88. The number of aromatic carboxylic acids is 1. The predicted molar refractivity (Wildman–Crippen MR) is 95.5 cm³/mol. The average molecular weight is 322 g/mol. The third-order valence-electron chi connectivity index (χ3n) is 3.60. The van der Waals surface area contributed by atoms with Crippen LogP contribution in [0.15, 0.2) is 48.5 Å². The van der Waals surface area contributed by atoms with Crippen LogP contribution in [-0.4, -0.2) is 17.7 Å². The van der Waals surface area contributed by atoms with Crippen LogP contribution in [0.3, 0.4) is 0 Å². The summed E-state index contributed by atoms with van der Waals surface area (Å²) >= 11 is 0. The third-order valence-corrected chi connectivity index (χ3v) is 3.60. The summed E-state index contributed by atoms with van der Waals surface area (Å²) < 4.78 is 5.70. The van der Waals surface area contributed by atoms with Crippen molar-refractivity contribution in [2.24, 2.45) is 0 Å². The highest BCUT2D eigenvalue weighted by Gasteiger charge is 2.00. The second-order valence-electron chi connectivity index (χ2n) is 5.57. The first-order chi connectivity index (χ1) is 11.7. The zero-order valence-electron chi connectivity index (χ0n) is 13.9. The number of carboxylic acid groups (broad SMARTS) is 1. The van der Waals surface area contributed by atoms with Crippen LogP contribution in [0.4, 0.5) is 0 Å². The number of unbranched alkanes of at least 4 members (excludes halogenated alkanes) is 3. The molecule has 0 bridgehead atoms. The van der Waals surface area contributed by atoms with Gasteiger partial charge in [0.2, 0.25) is 0 Å².